The summed E-state index contributed by atoms with van der Waals surface area (Å²) < 4.78 is 0. The van der Waals surface area contributed by atoms with Crippen LogP contribution in [0.25, 0.3) is 0 Å². The van der Waals surface area contributed by atoms with Crippen molar-refractivity contribution in [2.45, 2.75) is 46.5 Å². The molecule has 0 spiro atoms. The lowest BCUT2D eigenvalue weighted by atomic mass is 9.63. The van der Waals surface area contributed by atoms with Crippen molar-refractivity contribution in [2.75, 3.05) is 0 Å². The number of aliphatic carboxylic acids is 2. The molecule has 0 aliphatic heterocycles. The fourth-order valence-electron chi connectivity index (χ4n) is 4.19. The van der Waals surface area contributed by atoms with Crippen LogP contribution < -0.4 is 0 Å². The lowest BCUT2D eigenvalue weighted by Crippen LogP contribution is -2.40. The molecule has 2 fully saturated rings. The molecule has 19 heavy (non-hydrogen) atoms. The molecule has 0 amide bonds. The van der Waals surface area contributed by atoms with Gasteiger partial charge in [0.25, 0.3) is 0 Å². The van der Waals surface area contributed by atoms with Crippen molar-refractivity contribution in [1.29, 1.82) is 0 Å². The summed E-state index contributed by atoms with van der Waals surface area (Å²) in [6, 6.07) is 0. The topological polar surface area (TPSA) is 74.6 Å². The van der Waals surface area contributed by atoms with Gasteiger partial charge in [-0.3, -0.25) is 9.59 Å². The van der Waals surface area contributed by atoms with Gasteiger partial charge in [0.1, 0.15) is 0 Å². The van der Waals surface area contributed by atoms with Gasteiger partial charge in [-0.05, 0) is 42.9 Å². The molecule has 2 aliphatic rings. The number of hydrogen-bond donors (Lipinski definition) is 2. The minimum absolute atomic E-state index is 0.0230. The highest BCUT2D eigenvalue weighted by Crippen LogP contribution is 2.64. The molecule has 5 atom stereocenters. The monoisotopic (exact) mass is 268 g/mol. The molecule has 0 aromatic carbocycles. The highest BCUT2D eigenvalue weighted by atomic mass is 16.4. The van der Waals surface area contributed by atoms with Gasteiger partial charge < -0.3 is 10.2 Å². The van der Waals surface area contributed by atoms with Crippen LogP contribution in [0.4, 0.5) is 0 Å². The molecule has 4 heteroatoms. The van der Waals surface area contributed by atoms with Crippen LogP contribution in [0.3, 0.4) is 0 Å². The van der Waals surface area contributed by atoms with E-state index in [9.17, 15) is 19.8 Å². The van der Waals surface area contributed by atoms with E-state index in [1.807, 2.05) is 0 Å². The van der Waals surface area contributed by atoms with Gasteiger partial charge >= 0.3 is 11.9 Å². The van der Waals surface area contributed by atoms with Crippen LogP contribution in [0, 0.1) is 35.0 Å². The molecule has 0 bridgehead atoms. The largest absolute Gasteiger partial charge is 0.481 e. The van der Waals surface area contributed by atoms with Gasteiger partial charge in [-0.2, -0.15) is 0 Å². The van der Waals surface area contributed by atoms with Crippen LogP contribution in [0.5, 0.6) is 0 Å². The first-order chi connectivity index (χ1) is 8.80. The Balaban J connectivity index is 2.29. The zero-order valence-electron chi connectivity index (χ0n) is 11.9. The maximum Gasteiger partial charge on any atom is 0.310 e. The van der Waals surface area contributed by atoms with E-state index in [1.54, 1.807) is 0 Å². The van der Waals surface area contributed by atoms with Gasteiger partial charge in [-0.1, -0.05) is 27.2 Å². The first-order valence-electron chi connectivity index (χ1n) is 7.26. The van der Waals surface area contributed by atoms with E-state index in [-0.39, 0.29) is 5.92 Å². The molecule has 0 radical (unpaired) electrons. The van der Waals surface area contributed by atoms with E-state index >= 15 is 0 Å². The number of carboxylic acid groups (broad SMARTS) is 2. The molecule has 2 aliphatic carbocycles. The Morgan fingerprint density at radius 1 is 1.21 bits per heavy atom. The highest BCUT2D eigenvalue weighted by molar-refractivity contribution is 5.89. The molecular formula is C15H24O4. The second kappa shape index (κ2) is 4.80. The summed E-state index contributed by atoms with van der Waals surface area (Å²) in [4.78, 5) is 22.9. The standard InChI is InChI=1S/C15H24O4/c1-8(2)10-5-4-9(3)6-11(10)15(14(18)19)7-12(15)13(16)17/h8-12H,4-7H2,1-3H3,(H,16,17)(H,18,19)/t9?,10?,11?,12-,15+/m0/s1. The summed E-state index contributed by atoms with van der Waals surface area (Å²) in [5.41, 5.74) is -0.991. The van der Waals surface area contributed by atoms with Gasteiger partial charge in [0.05, 0.1) is 11.3 Å². The van der Waals surface area contributed by atoms with E-state index in [0.717, 1.165) is 19.3 Å². The van der Waals surface area contributed by atoms with Crippen molar-refractivity contribution in [3.63, 3.8) is 0 Å². The molecule has 0 saturated heterocycles. The minimum atomic E-state index is -0.991. The summed E-state index contributed by atoms with van der Waals surface area (Å²) in [5, 5.41) is 18.8. The second-order valence-corrected chi connectivity index (χ2v) is 6.87. The molecular weight excluding hydrogens is 244 g/mol. The molecule has 4 nitrogen and oxygen atoms in total. The number of carbonyl (C=O) groups is 2. The summed E-state index contributed by atoms with van der Waals surface area (Å²) in [6.07, 6.45) is 3.34. The zero-order valence-corrected chi connectivity index (χ0v) is 11.9. The van der Waals surface area contributed by atoms with E-state index in [4.69, 9.17) is 0 Å². The Kier molecular flexibility index (Phi) is 3.63. The summed E-state index contributed by atoms with van der Waals surface area (Å²) in [6.45, 7) is 6.40. The summed E-state index contributed by atoms with van der Waals surface area (Å²) >= 11 is 0. The van der Waals surface area contributed by atoms with E-state index < -0.39 is 23.3 Å². The smallest absolute Gasteiger partial charge is 0.310 e. The van der Waals surface area contributed by atoms with E-state index in [1.165, 1.54) is 0 Å². The average Bonchev–Trinajstić information content (AvgIpc) is 3.04. The van der Waals surface area contributed by atoms with Crippen molar-refractivity contribution < 1.29 is 19.8 Å². The predicted octanol–water partition coefficient (Wildman–Crippen LogP) is 2.87. The van der Waals surface area contributed by atoms with Crippen LogP contribution >= 0.6 is 0 Å². The van der Waals surface area contributed by atoms with Crippen molar-refractivity contribution in [3.8, 4) is 0 Å². The second-order valence-electron chi connectivity index (χ2n) is 6.87. The first kappa shape index (κ1) is 14.4. The Morgan fingerprint density at radius 2 is 1.84 bits per heavy atom. The van der Waals surface area contributed by atoms with Gasteiger partial charge in [-0.25, -0.2) is 0 Å². The molecule has 108 valence electrons. The lowest BCUT2D eigenvalue weighted by Gasteiger charge is -2.41. The third kappa shape index (κ3) is 2.26. The quantitative estimate of drug-likeness (QED) is 0.822. The van der Waals surface area contributed by atoms with Crippen molar-refractivity contribution in [2.24, 2.45) is 35.0 Å². The SMILES string of the molecule is CC1CCC(C(C)C)C([C@]2(C(=O)O)C[C@H]2C(=O)O)C1. The fourth-order valence-corrected chi connectivity index (χ4v) is 4.19. The van der Waals surface area contributed by atoms with E-state index in [0.29, 0.717) is 24.2 Å². The molecule has 2 rings (SSSR count). The summed E-state index contributed by atoms with van der Waals surface area (Å²) in [5.74, 6) is -1.23. The van der Waals surface area contributed by atoms with Crippen molar-refractivity contribution >= 4 is 11.9 Å². The van der Waals surface area contributed by atoms with Crippen LogP contribution in [-0.2, 0) is 9.59 Å². The first-order valence-corrected chi connectivity index (χ1v) is 7.26. The van der Waals surface area contributed by atoms with Crippen LogP contribution in [0.15, 0.2) is 0 Å². The van der Waals surface area contributed by atoms with Gasteiger partial charge in [0, 0.05) is 0 Å². The highest BCUT2D eigenvalue weighted by Gasteiger charge is 2.69. The fraction of sp³-hybridized carbons (Fsp3) is 0.867. The average molecular weight is 268 g/mol. The van der Waals surface area contributed by atoms with Gasteiger partial charge in [0.2, 0.25) is 0 Å². The normalized spacial score (nSPS) is 42.1. The lowest BCUT2D eigenvalue weighted by molar-refractivity contribution is -0.154. The molecule has 0 aromatic heterocycles. The maximum atomic E-state index is 11.7. The van der Waals surface area contributed by atoms with Gasteiger partial charge in [-0.15, -0.1) is 0 Å². The molecule has 2 N–H and O–H groups in total. The molecule has 2 saturated carbocycles. The summed E-state index contributed by atoms with van der Waals surface area (Å²) in [7, 11) is 0. The molecule has 0 heterocycles. The van der Waals surface area contributed by atoms with E-state index in [2.05, 4.69) is 20.8 Å². The van der Waals surface area contributed by atoms with Crippen molar-refractivity contribution in [3.05, 3.63) is 0 Å². The number of rotatable bonds is 4. The Bertz CT molecular complexity index is 390. The molecule has 3 unspecified atom stereocenters. The maximum absolute atomic E-state index is 11.7. The minimum Gasteiger partial charge on any atom is -0.481 e. The zero-order chi connectivity index (χ0) is 14.4. The Hall–Kier alpha value is -1.06. The van der Waals surface area contributed by atoms with Crippen molar-refractivity contribution in [1.82, 2.24) is 0 Å². The molecule has 0 aromatic rings. The van der Waals surface area contributed by atoms with Crippen LogP contribution in [0.1, 0.15) is 46.5 Å². The number of hydrogen-bond acceptors (Lipinski definition) is 2. The Labute approximate surface area is 114 Å². The Morgan fingerprint density at radius 3 is 2.26 bits per heavy atom. The third-order valence-corrected chi connectivity index (χ3v) is 5.38. The third-order valence-electron chi connectivity index (χ3n) is 5.38. The number of carboxylic acids is 2. The van der Waals surface area contributed by atoms with Crippen LogP contribution in [-0.4, -0.2) is 22.2 Å². The predicted molar refractivity (Wildman–Crippen MR) is 70.6 cm³/mol. The van der Waals surface area contributed by atoms with Gasteiger partial charge in [0.15, 0.2) is 0 Å². The van der Waals surface area contributed by atoms with Crippen LogP contribution in [0.2, 0.25) is 0 Å².